The molecule has 0 unspecified atom stereocenters. The largest absolute Gasteiger partial charge is 0.364 e. The maximum absolute atomic E-state index is 13.8. The van der Waals surface area contributed by atoms with Crippen molar-refractivity contribution in [1.29, 1.82) is 0 Å². The minimum atomic E-state index is -0.426. The highest BCUT2D eigenvalue weighted by Crippen LogP contribution is 2.32. The number of halogens is 1. The third-order valence-corrected chi connectivity index (χ3v) is 5.35. The molecule has 154 valence electrons. The highest BCUT2D eigenvalue weighted by molar-refractivity contribution is 6.31. The number of anilines is 1. The van der Waals surface area contributed by atoms with Crippen LogP contribution in [0.1, 0.15) is 41.0 Å². The van der Waals surface area contributed by atoms with E-state index in [1.54, 1.807) is 17.3 Å². The van der Waals surface area contributed by atoms with Crippen LogP contribution in [0.15, 0.2) is 30.6 Å². The topological polar surface area (TPSA) is 68.4 Å². The number of aryl methyl sites for hydroxylation is 2. The summed E-state index contributed by atoms with van der Waals surface area (Å²) < 4.78 is 13.8. The van der Waals surface area contributed by atoms with E-state index in [2.05, 4.69) is 29.0 Å². The summed E-state index contributed by atoms with van der Waals surface area (Å²) in [5.41, 5.74) is 3.53. The zero-order chi connectivity index (χ0) is 21.1. The summed E-state index contributed by atoms with van der Waals surface area (Å²) in [7, 11) is 0. The summed E-state index contributed by atoms with van der Waals surface area (Å²) in [6.45, 7) is 10.7. The number of likely N-dealkylation sites (N-methyl/N-ethyl adjacent to an activating group) is 1. The summed E-state index contributed by atoms with van der Waals surface area (Å²) in [6.07, 6.45) is 3.35. The molecule has 7 heteroatoms. The minimum Gasteiger partial charge on any atom is -0.364 e. The number of rotatable bonds is 7. The first kappa shape index (κ1) is 20.8. The van der Waals surface area contributed by atoms with Crippen molar-refractivity contribution in [3.63, 3.8) is 0 Å². The molecule has 0 atom stereocenters. The molecule has 1 aliphatic rings. The molecule has 0 fully saturated rings. The van der Waals surface area contributed by atoms with Gasteiger partial charge in [0.1, 0.15) is 5.82 Å². The van der Waals surface area contributed by atoms with Gasteiger partial charge in [-0.2, -0.15) is 0 Å². The lowest BCUT2D eigenvalue weighted by Crippen LogP contribution is -2.36. The molecule has 1 aromatic heterocycles. The first-order valence-electron chi connectivity index (χ1n) is 9.86. The molecule has 2 aromatic rings. The van der Waals surface area contributed by atoms with Gasteiger partial charge in [0.25, 0.3) is 11.8 Å². The Morgan fingerprint density at radius 2 is 1.93 bits per heavy atom. The van der Waals surface area contributed by atoms with Crippen LogP contribution in [0.5, 0.6) is 0 Å². The molecule has 0 radical (unpaired) electrons. The van der Waals surface area contributed by atoms with Gasteiger partial charge in [0.05, 0.1) is 11.1 Å². The van der Waals surface area contributed by atoms with E-state index in [1.807, 2.05) is 13.8 Å². The van der Waals surface area contributed by atoms with E-state index >= 15 is 0 Å². The second-order valence-electron chi connectivity index (χ2n) is 7.18. The molecule has 3 rings (SSSR count). The van der Waals surface area contributed by atoms with Gasteiger partial charge in [-0.15, -0.1) is 0 Å². The molecular weight excluding hydrogens is 373 g/mol. The van der Waals surface area contributed by atoms with E-state index in [-0.39, 0.29) is 11.8 Å². The summed E-state index contributed by atoms with van der Waals surface area (Å²) >= 11 is 0. The lowest BCUT2D eigenvalue weighted by molar-refractivity contribution is -0.110. The smallest absolute Gasteiger partial charge is 0.259 e. The van der Waals surface area contributed by atoms with Crippen molar-refractivity contribution in [3.8, 4) is 0 Å². The standard InChI is InChI=1S/C22H27FN4O2/c1-5-26(6-2)9-10-27(22(29)20-14(3)12-24-15(20)4)13-18-17-11-16(23)7-8-19(17)25-21(18)28/h7-8,11-13,24H,5-6,9-10H2,1-4H3,(H,25,28)/b18-13-/i21+2. The summed E-state index contributed by atoms with van der Waals surface area (Å²) in [4.78, 5) is 32.7. The minimum absolute atomic E-state index is 0.182. The van der Waals surface area contributed by atoms with Crippen molar-refractivity contribution in [3.05, 3.63) is 58.8 Å². The van der Waals surface area contributed by atoms with Crippen molar-refractivity contribution < 1.29 is 14.0 Å². The monoisotopic (exact) mass is 400 g/mol. The van der Waals surface area contributed by atoms with Gasteiger partial charge in [-0.05, 0) is 50.7 Å². The molecule has 0 saturated heterocycles. The zero-order valence-corrected chi connectivity index (χ0v) is 17.3. The van der Waals surface area contributed by atoms with Gasteiger partial charge in [-0.3, -0.25) is 9.59 Å². The van der Waals surface area contributed by atoms with Crippen LogP contribution in [-0.4, -0.2) is 52.8 Å². The number of amides is 2. The number of fused-ring (bicyclic) bond motifs is 1. The van der Waals surface area contributed by atoms with Gasteiger partial charge >= 0.3 is 0 Å². The normalized spacial score (nSPS) is 14.4. The molecule has 2 heterocycles. The summed E-state index contributed by atoms with van der Waals surface area (Å²) in [5.74, 6) is -0.947. The molecule has 0 bridgehead atoms. The average molecular weight is 400 g/mol. The molecule has 6 nitrogen and oxygen atoms in total. The molecule has 1 aliphatic heterocycles. The van der Waals surface area contributed by atoms with E-state index in [9.17, 15) is 14.0 Å². The third kappa shape index (κ3) is 4.24. The first-order chi connectivity index (χ1) is 13.8. The number of carbonyl (C=O) groups is 2. The number of aromatic nitrogens is 1. The van der Waals surface area contributed by atoms with E-state index in [1.165, 1.54) is 18.2 Å². The molecule has 0 aliphatic carbocycles. The molecule has 1 aromatic carbocycles. The van der Waals surface area contributed by atoms with E-state index in [4.69, 9.17) is 0 Å². The Hall–Kier alpha value is -2.93. The number of aromatic amines is 1. The lowest BCUT2D eigenvalue weighted by Gasteiger charge is -2.24. The van der Waals surface area contributed by atoms with Crippen LogP contribution >= 0.6 is 0 Å². The SMILES string of the molecule is CCN(CC)CCN(/C=C1/c2cc(F)ccc2N[14C]1=O)C(=O)c1c(C)c[nH]c1C. The highest BCUT2D eigenvalue weighted by atomic mass is 19.1. The van der Waals surface area contributed by atoms with Crippen LogP contribution in [0.3, 0.4) is 0 Å². The Balaban J connectivity index is 1.99. The van der Waals surface area contributed by atoms with Gasteiger partial charge in [-0.1, -0.05) is 13.8 Å². The Labute approximate surface area is 170 Å². The molecule has 2 amide bonds. The Morgan fingerprint density at radius 3 is 2.55 bits per heavy atom. The molecular formula is C22H27FN4O2. The summed E-state index contributed by atoms with van der Waals surface area (Å²) in [5, 5.41) is 2.74. The van der Waals surface area contributed by atoms with Crippen LogP contribution in [0.4, 0.5) is 10.1 Å². The number of hydrogen-bond donors (Lipinski definition) is 2. The van der Waals surface area contributed by atoms with Crippen LogP contribution in [-0.2, 0) is 4.79 Å². The molecule has 29 heavy (non-hydrogen) atoms. The van der Waals surface area contributed by atoms with Crippen LogP contribution < -0.4 is 5.32 Å². The quantitative estimate of drug-likeness (QED) is 0.699. The molecule has 2 N–H and O–H groups in total. The van der Waals surface area contributed by atoms with Crippen molar-refractivity contribution >= 4 is 23.1 Å². The Kier molecular flexibility index (Phi) is 6.17. The van der Waals surface area contributed by atoms with Crippen molar-refractivity contribution in [1.82, 2.24) is 14.8 Å². The maximum atomic E-state index is 13.8. The average Bonchev–Trinajstić information content (AvgIpc) is 3.19. The number of benzene rings is 1. The van der Waals surface area contributed by atoms with Crippen LogP contribution in [0, 0.1) is 19.7 Å². The van der Waals surface area contributed by atoms with E-state index in [0.717, 1.165) is 24.3 Å². The second kappa shape index (κ2) is 8.61. The molecule has 0 saturated carbocycles. The summed E-state index contributed by atoms with van der Waals surface area (Å²) in [6, 6.07) is 4.16. The van der Waals surface area contributed by atoms with Gasteiger partial charge in [-0.25, -0.2) is 4.39 Å². The van der Waals surface area contributed by atoms with Crippen molar-refractivity contribution in [2.24, 2.45) is 0 Å². The fourth-order valence-electron chi connectivity index (χ4n) is 3.59. The lowest BCUT2D eigenvalue weighted by atomic mass is 10.1. The van der Waals surface area contributed by atoms with E-state index < -0.39 is 5.82 Å². The fourth-order valence-corrected chi connectivity index (χ4v) is 3.59. The number of H-pyrrole nitrogens is 1. The van der Waals surface area contributed by atoms with E-state index in [0.29, 0.717) is 35.5 Å². The van der Waals surface area contributed by atoms with Crippen LogP contribution in [0.25, 0.3) is 5.57 Å². The van der Waals surface area contributed by atoms with Gasteiger partial charge in [0, 0.05) is 42.4 Å². The Bertz CT molecular complexity index is 940. The fraction of sp³-hybridized carbons (Fsp3) is 0.364. The third-order valence-electron chi connectivity index (χ3n) is 5.35. The van der Waals surface area contributed by atoms with Gasteiger partial charge < -0.3 is 20.1 Å². The Morgan fingerprint density at radius 1 is 1.21 bits per heavy atom. The number of nitrogens with one attached hydrogen (secondary N) is 2. The highest BCUT2D eigenvalue weighted by Gasteiger charge is 2.28. The van der Waals surface area contributed by atoms with Gasteiger partial charge in [0.15, 0.2) is 0 Å². The number of carbonyl (C=O) groups excluding carboxylic acids is 2. The molecule has 0 spiro atoms. The predicted octanol–water partition coefficient (Wildman–Crippen LogP) is 3.55. The maximum Gasteiger partial charge on any atom is 0.259 e. The van der Waals surface area contributed by atoms with Crippen molar-refractivity contribution in [2.45, 2.75) is 27.7 Å². The zero-order valence-electron chi connectivity index (χ0n) is 17.3. The number of nitrogens with zero attached hydrogens (tertiary/aromatic N) is 2. The number of hydrogen-bond acceptors (Lipinski definition) is 3. The van der Waals surface area contributed by atoms with Crippen LogP contribution in [0.2, 0.25) is 0 Å². The first-order valence-corrected chi connectivity index (χ1v) is 9.86. The van der Waals surface area contributed by atoms with Crippen molar-refractivity contribution in [2.75, 3.05) is 31.5 Å². The second-order valence-corrected chi connectivity index (χ2v) is 7.18. The van der Waals surface area contributed by atoms with Gasteiger partial charge in [0.2, 0.25) is 0 Å². The predicted molar refractivity (Wildman–Crippen MR) is 112 cm³/mol.